The predicted octanol–water partition coefficient (Wildman–Crippen LogP) is 2.78. The first-order valence-corrected chi connectivity index (χ1v) is 9.38. The highest BCUT2D eigenvalue weighted by Gasteiger charge is 2.22. The van der Waals surface area contributed by atoms with Crippen LogP contribution in [0.15, 0.2) is 41.4 Å². The minimum absolute atomic E-state index is 0.102. The maximum atomic E-state index is 6.29. The number of guanidine groups is 1. The van der Waals surface area contributed by atoms with Crippen molar-refractivity contribution in [3.8, 4) is 17.2 Å². The van der Waals surface area contributed by atoms with Crippen molar-refractivity contribution < 1.29 is 14.2 Å². The Bertz CT molecular complexity index is 831. The van der Waals surface area contributed by atoms with E-state index in [4.69, 9.17) is 25.8 Å². The number of nitrogens with one attached hydrogen (secondary N) is 2. The van der Waals surface area contributed by atoms with Gasteiger partial charge in [0.2, 0.25) is 0 Å². The fourth-order valence-electron chi connectivity index (χ4n) is 3.25. The van der Waals surface area contributed by atoms with Crippen LogP contribution in [0.5, 0.6) is 17.2 Å². The van der Waals surface area contributed by atoms with Crippen LogP contribution in [0.1, 0.15) is 11.1 Å². The Balaban J connectivity index is 1.31. The van der Waals surface area contributed by atoms with E-state index in [-0.39, 0.29) is 6.10 Å². The Labute approximate surface area is 163 Å². The Hall–Kier alpha value is -2.60. The topological polar surface area (TPSA) is 64.1 Å². The smallest absolute Gasteiger partial charge is 0.191 e. The lowest BCUT2D eigenvalue weighted by Gasteiger charge is -2.21. The summed E-state index contributed by atoms with van der Waals surface area (Å²) in [6, 6.07) is 12.0. The molecule has 0 fully saturated rings. The zero-order valence-corrected chi connectivity index (χ0v) is 15.9. The van der Waals surface area contributed by atoms with E-state index < -0.39 is 0 Å². The van der Waals surface area contributed by atoms with E-state index in [0.717, 1.165) is 17.7 Å². The molecule has 0 amide bonds. The third-order valence-electron chi connectivity index (χ3n) is 4.55. The van der Waals surface area contributed by atoms with Crippen LogP contribution < -0.4 is 24.8 Å². The molecule has 0 aliphatic carbocycles. The number of nitrogens with zero attached hydrogens (tertiary/aromatic N) is 1. The summed E-state index contributed by atoms with van der Waals surface area (Å²) in [5, 5.41) is 7.17. The number of hydrogen-bond donors (Lipinski definition) is 2. The fourth-order valence-corrected chi connectivity index (χ4v) is 3.54. The number of ether oxygens (including phenoxy) is 3. The van der Waals surface area contributed by atoms with Gasteiger partial charge in [0.15, 0.2) is 17.5 Å². The highest BCUT2D eigenvalue weighted by atomic mass is 35.5. The van der Waals surface area contributed by atoms with Gasteiger partial charge in [0.25, 0.3) is 0 Å². The molecule has 0 radical (unpaired) electrons. The van der Waals surface area contributed by atoms with Gasteiger partial charge < -0.3 is 24.8 Å². The third kappa shape index (κ3) is 4.06. The van der Waals surface area contributed by atoms with E-state index in [1.807, 2.05) is 30.3 Å². The van der Waals surface area contributed by atoms with Crippen molar-refractivity contribution in [3.63, 3.8) is 0 Å². The first-order chi connectivity index (χ1) is 13.2. The lowest BCUT2D eigenvalue weighted by Crippen LogP contribution is -2.41. The zero-order chi connectivity index (χ0) is 18.6. The zero-order valence-electron chi connectivity index (χ0n) is 15.1. The second-order valence-corrected chi connectivity index (χ2v) is 6.87. The molecule has 0 aromatic heterocycles. The van der Waals surface area contributed by atoms with Crippen LogP contribution >= 0.6 is 11.6 Å². The highest BCUT2D eigenvalue weighted by molar-refractivity contribution is 6.32. The molecule has 4 rings (SSSR count). The second kappa shape index (κ2) is 7.96. The van der Waals surface area contributed by atoms with Gasteiger partial charge in [-0.1, -0.05) is 29.8 Å². The summed E-state index contributed by atoms with van der Waals surface area (Å²) in [6.45, 7) is 2.30. The SMILES string of the molecule is CN=C(NCc1cc(Cl)c2c(c1)OCCO2)NCC1Cc2ccccc2O1. The fraction of sp³-hybridized carbons (Fsp3) is 0.350. The van der Waals surface area contributed by atoms with Crippen LogP contribution in [0, 0.1) is 0 Å². The van der Waals surface area contributed by atoms with Gasteiger partial charge in [-0.3, -0.25) is 4.99 Å². The predicted molar refractivity (Wildman–Crippen MR) is 105 cm³/mol. The van der Waals surface area contributed by atoms with Gasteiger partial charge in [0.1, 0.15) is 25.1 Å². The van der Waals surface area contributed by atoms with E-state index in [1.54, 1.807) is 7.05 Å². The second-order valence-electron chi connectivity index (χ2n) is 6.46. The van der Waals surface area contributed by atoms with Crippen LogP contribution in [0.25, 0.3) is 0 Å². The molecule has 6 nitrogen and oxygen atoms in total. The molecule has 2 aromatic carbocycles. The van der Waals surface area contributed by atoms with E-state index in [9.17, 15) is 0 Å². The van der Waals surface area contributed by atoms with Gasteiger partial charge in [-0.05, 0) is 29.3 Å². The molecule has 0 saturated carbocycles. The van der Waals surface area contributed by atoms with Crippen molar-refractivity contribution in [1.29, 1.82) is 0 Å². The van der Waals surface area contributed by atoms with E-state index in [1.165, 1.54) is 5.56 Å². The van der Waals surface area contributed by atoms with Gasteiger partial charge in [-0.15, -0.1) is 0 Å². The molecule has 7 heteroatoms. The highest BCUT2D eigenvalue weighted by Crippen LogP contribution is 2.38. The molecule has 27 heavy (non-hydrogen) atoms. The average molecular weight is 388 g/mol. The van der Waals surface area contributed by atoms with Crippen molar-refractivity contribution in [3.05, 3.63) is 52.5 Å². The number of rotatable bonds is 4. The first-order valence-electron chi connectivity index (χ1n) is 9.00. The molecule has 2 aromatic rings. The Kier molecular flexibility index (Phi) is 5.25. The first kappa shape index (κ1) is 17.8. The van der Waals surface area contributed by atoms with Crippen molar-refractivity contribution in [2.24, 2.45) is 4.99 Å². The van der Waals surface area contributed by atoms with Crippen molar-refractivity contribution in [2.45, 2.75) is 19.1 Å². The average Bonchev–Trinajstić information content (AvgIpc) is 3.11. The van der Waals surface area contributed by atoms with E-state index in [2.05, 4.69) is 21.7 Å². The van der Waals surface area contributed by atoms with E-state index >= 15 is 0 Å². The Morgan fingerprint density at radius 2 is 2.00 bits per heavy atom. The Morgan fingerprint density at radius 1 is 1.15 bits per heavy atom. The number of aliphatic imine (C=N–C) groups is 1. The number of hydrogen-bond acceptors (Lipinski definition) is 4. The van der Waals surface area contributed by atoms with Crippen LogP contribution in [-0.4, -0.2) is 38.9 Å². The lowest BCUT2D eigenvalue weighted by atomic mass is 10.1. The van der Waals surface area contributed by atoms with Crippen LogP contribution in [0.3, 0.4) is 0 Å². The Morgan fingerprint density at radius 3 is 2.85 bits per heavy atom. The monoisotopic (exact) mass is 387 g/mol. The number of fused-ring (bicyclic) bond motifs is 2. The van der Waals surface area contributed by atoms with E-state index in [0.29, 0.717) is 48.8 Å². The molecule has 0 spiro atoms. The lowest BCUT2D eigenvalue weighted by molar-refractivity contribution is 0.171. The van der Waals surface area contributed by atoms with Crippen LogP contribution in [-0.2, 0) is 13.0 Å². The largest absolute Gasteiger partial charge is 0.488 e. The number of halogens is 1. The standard InChI is InChI=1S/C20H22ClN3O3/c1-22-20(24-12-15-10-14-4-2-3-5-17(14)27-15)23-11-13-8-16(21)19-18(9-13)25-6-7-26-19/h2-5,8-9,15H,6-7,10-12H2,1H3,(H2,22,23,24). The molecule has 2 aliphatic heterocycles. The van der Waals surface area contributed by atoms with Crippen molar-refractivity contribution in [1.82, 2.24) is 10.6 Å². The quantitative estimate of drug-likeness (QED) is 0.624. The van der Waals surface area contributed by atoms with Gasteiger partial charge in [-0.25, -0.2) is 0 Å². The molecular weight excluding hydrogens is 366 g/mol. The summed E-state index contributed by atoms with van der Waals surface area (Å²) in [4.78, 5) is 4.27. The van der Waals surface area contributed by atoms with Crippen LogP contribution in [0.4, 0.5) is 0 Å². The number of para-hydroxylation sites is 1. The normalized spacial score (nSPS) is 17.9. The number of benzene rings is 2. The molecule has 142 valence electrons. The van der Waals surface area contributed by atoms with Gasteiger partial charge >= 0.3 is 0 Å². The van der Waals surface area contributed by atoms with Gasteiger partial charge in [0, 0.05) is 20.0 Å². The summed E-state index contributed by atoms with van der Waals surface area (Å²) in [5.74, 6) is 2.98. The third-order valence-corrected chi connectivity index (χ3v) is 4.83. The molecular formula is C20H22ClN3O3. The van der Waals surface area contributed by atoms with Crippen molar-refractivity contribution >= 4 is 17.6 Å². The molecule has 1 atom stereocenters. The van der Waals surface area contributed by atoms with Gasteiger partial charge in [-0.2, -0.15) is 0 Å². The van der Waals surface area contributed by atoms with Crippen LogP contribution in [0.2, 0.25) is 5.02 Å². The summed E-state index contributed by atoms with van der Waals surface area (Å²) in [5.41, 5.74) is 2.25. The summed E-state index contributed by atoms with van der Waals surface area (Å²) >= 11 is 6.29. The summed E-state index contributed by atoms with van der Waals surface area (Å²) in [7, 11) is 1.75. The maximum absolute atomic E-state index is 6.29. The molecule has 0 bridgehead atoms. The summed E-state index contributed by atoms with van der Waals surface area (Å²) in [6.07, 6.45) is 1.00. The van der Waals surface area contributed by atoms with Gasteiger partial charge in [0.05, 0.1) is 11.6 Å². The minimum atomic E-state index is 0.102. The molecule has 2 N–H and O–H groups in total. The maximum Gasteiger partial charge on any atom is 0.191 e. The molecule has 2 heterocycles. The molecule has 1 unspecified atom stereocenters. The summed E-state index contributed by atoms with van der Waals surface area (Å²) < 4.78 is 17.1. The molecule has 0 saturated heterocycles. The minimum Gasteiger partial charge on any atom is -0.488 e. The van der Waals surface area contributed by atoms with Crippen molar-refractivity contribution in [2.75, 3.05) is 26.8 Å². The molecule has 2 aliphatic rings.